The highest BCUT2D eigenvalue weighted by Crippen LogP contribution is 2.29. The first-order valence-electron chi connectivity index (χ1n) is 4.02. The smallest absolute Gasteiger partial charge is 0.270 e. The molecule has 0 aliphatic rings. The second-order valence-electron chi connectivity index (χ2n) is 2.78. The third-order valence-electron chi connectivity index (χ3n) is 1.85. The first-order valence-corrected chi connectivity index (χ1v) is 4.02. The molecule has 0 atom stereocenters. The molecule has 0 amide bonds. The van der Waals surface area contributed by atoms with Gasteiger partial charge in [-0.15, -0.1) is 0 Å². The number of hydrogen-bond acceptors (Lipinski definition) is 5. The minimum atomic E-state index is -0.546. The summed E-state index contributed by atoms with van der Waals surface area (Å²) >= 11 is 0. The number of nitro benzene ring substituents is 1. The summed E-state index contributed by atoms with van der Waals surface area (Å²) in [5, 5.41) is 26.2. The standard InChI is InChI=1S/C8H6N4O3/c13-7-2-1-5(12(14)15)3-6(7)8-9-4-10-11-8/h1-4,13H,(H,9,10,11). The first-order chi connectivity index (χ1) is 7.18. The first kappa shape index (κ1) is 9.13. The molecule has 0 spiro atoms. The van der Waals surface area contributed by atoms with Gasteiger partial charge in [0.2, 0.25) is 0 Å². The van der Waals surface area contributed by atoms with Crippen LogP contribution in [-0.2, 0) is 0 Å². The van der Waals surface area contributed by atoms with Crippen molar-refractivity contribution in [1.29, 1.82) is 0 Å². The molecular formula is C8H6N4O3. The molecule has 2 rings (SSSR count). The number of rotatable bonds is 2. The van der Waals surface area contributed by atoms with Gasteiger partial charge in [0.25, 0.3) is 5.69 Å². The maximum absolute atomic E-state index is 10.5. The van der Waals surface area contributed by atoms with Crippen LogP contribution in [0.1, 0.15) is 0 Å². The highest BCUT2D eigenvalue weighted by molar-refractivity contribution is 5.66. The van der Waals surface area contributed by atoms with Gasteiger partial charge in [0, 0.05) is 12.1 Å². The van der Waals surface area contributed by atoms with E-state index in [0.717, 1.165) is 0 Å². The molecule has 0 saturated heterocycles. The number of benzene rings is 1. The fraction of sp³-hybridized carbons (Fsp3) is 0. The summed E-state index contributed by atoms with van der Waals surface area (Å²) < 4.78 is 0. The second kappa shape index (κ2) is 3.37. The lowest BCUT2D eigenvalue weighted by molar-refractivity contribution is -0.384. The summed E-state index contributed by atoms with van der Waals surface area (Å²) in [5.41, 5.74) is 0.109. The molecule has 7 nitrogen and oxygen atoms in total. The third kappa shape index (κ3) is 1.62. The van der Waals surface area contributed by atoms with Gasteiger partial charge in [0.1, 0.15) is 12.1 Å². The molecule has 1 aromatic heterocycles. The zero-order valence-electron chi connectivity index (χ0n) is 7.41. The molecule has 0 radical (unpaired) electrons. The number of aromatic nitrogens is 3. The Kier molecular flexibility index (Phi) is 2.05. The summed E-state index contributed by atoms with van der Waals surface area (Å²) in [5.74, 6) is 0.122. The fourth-order valence-electron chi connectivity index (χ4n) is 1.16. The maximum Gasteiger partial charge on any atom is 0.270 e. The molecule has 0 bridgehead atoms. The van der Waals surface area contributed by atoms with Gasteiger partial charge in [-0.1, -0.05) is 0 Å². The molecule has 0 aliphatic carbocycles. The van der Waals surface area contributed by atoms with Gasteiger partial charge in [-0.25, -0.2) is 4.98 Å². The summed E-state index contributed by atoms with van der Waals surface area (Å²) in [6.45, 7) is 0. The van der Waals surface area contributed by atoms with E-state index in [1.54, 1.807) is 0 Å². The number of phenolic OH excluding ortho intramolecular Hbond substituents is 1. The normalized spacial score (nSPS) is 10.1. The van der Waals surface area contributed by atoms with E-state index in [1.807, 2.05) is 0 Å². The lowest BCUT2D eigenvalue weighted by atomic mass is 10.1. The molecule has 2 aromatic rings. The Bertz CT molecular complexity index is 495. The van der Waals surface area contributed by atoms with Gasteiger partial charge in [0.05, 0.1) is 10.5 Å². The highest BCUT2D eigenvalue weighted by atomic mass is 16.6. The molecular weight excluding hydrogens is 200 g/mol. The van der Waals surface area contributed by atoms with Gasteiger partial charge in [0.15, 0.2) is 5.82 Å². The van der Waals surface area contributed by atoms with E-state index in [0.29, 0.717) is 0 Å². The molecule has 0 aliphatic heterocycles. The molecule has 2 N–H and O–H groups in total. The zero-order valence-corrected chi connectivity index (χ0v) is 7.41. The number of phenols is 1. The quantitative estimate of drug-likeness (QED) is 0.565. The van der Waals surface area contributed by atoms with Crippen LogP contribution in [0.2, 0.25) is 0 Å². The van der Waals surface area contributed by atoms with Crippen LogP contribution in [0.25, 0.3) is 11.4 Å². The lowest BCUT2D eigenvalue weighted by Crippen LogP contribution is -1.89. The van der Waals surface area contributed by atoms with Crippen LogP contribution in [0.4, 0.5) is 5.69 Å². The van der Waals surface area contributed by atoms with Gasteiger partial charge in [-0.2, -0.15) is 5.10 Å². The van der Waals surface area contributed by atoms with Crippen molar-refractivity contribution in [1.82, 2.24) is 15.2 Å². The van der Waals surface area contributed by atoms with Crippen molar-refractivity contribution in [3.8, 4) is 17.1 Å². The number of hydrogen-bond donors (Lipinski definition) is 2. The Labute approximate surface area is 83.6 Å². The average Bonchev–Trinajstić information content (AvgIpc) is 2.71. The average molecular weight is 206 g/mol. The van der Waals surface area contributed by atoms with Gasteiger partial charge in [-0.3, -0.25) is 15.2 Å². The third-order valence-corrected chi connectivity index (χ3v) is 1.85. The predicted molar refractivity (Wildman–Crippen MR) is 50.1 cm³/mol. The Balaban J connectivity index is 2.55. The van der Waals surface area contributed by atoms with Crippen LogP contribution in [0, 0.1) is 10.1 Å². The van der Waals surface area contributed by atoms with Crippen molar-refractivity contribution in [2.75, 3.05) is 0 Å². The lowest BCUT2D eigenvalue weighted by Gasteiger charge is -1.99. The van der Waals surface area contributed by atoms with E-state index < -0.39 is 4.92 Å². The molecule has 76 valence electrons. The molecule has 15 heavy (non-hydrogen) atoms. The van der Waals surface area contributed by atoms with Crippen molar-refractivity contribution in [3.05, 3.63) is 34.6 Å². The summed E-state index contributed by atoms with van der Waals surface area (Å²) in [7, 11) is 0. The fourth-order valence-corrected chi connectivity index (χ4v) is 1.16. The summed E-state index contributed by atoms with van der Waals surface area (Å²) in [6, 6.07) is 3.67. The van der Waals surface area contributed by atoms with Gasteiger partial charge < -0.3 is 5.11 Å². The zero-order chi connectivity index (χ0) is 10.8. The molecule has 0 saturated carbocycles. The van der Waals surface area contributed by atoms with E-state index in [9.17, 15) is 15.2 Å². The van der Waals surface area contributed by atoms with Crippen molar-refractivity contribution >= 4 is 5.69 Å². The van der Waals surface area contributed by atoms with E-state index in [4.69, 9.17) is 0 Å². The number of aromatic amines is 1. The summed E-state index contributed by atoms with van der Waals surface area (Å²) in [4.78, 5) is 13.8. The van der Waals surface area contributed by atoms with E-state index >= 15 is 0 Å². The van der Waals surface area contributed by atoms with Crippen molar-refractivity contribution in [2.24, 2.45) is 0 Å². The number of H-pyrrole nitrogens is 1. The summed E-state index contributed by atoms with van der Waals surface area (Å²) in [6.07, 6.45) is 1.33. The monoisotopic (exact) mass is 206 g/mol. The minimum Gasteiger partial charge on any atom is -0.507 e. The van der Waals surface area contributed by atoms with Crippen LogP contribution in [0.5, 0.6) is 5.75 Å². The number of nitro groups is 1. The van der Waals surface area contributed by atoms with Crippen LogP contribution in [-0.4, -0.2) is 25.2 Å². The Morgan fingerprint density at radius 2 is 2.27 bits per heavy atom. The van der Waals surface area contributed by atoms with Crippen LogP contribution in [0.3, 0.4) is 0 Å². The van der Waals surface area contributed by atoms with Crippen molar-refractivity contribution in [2.45, 2.75) is 0 Å². The highest BCUT2D eigenvalue weighted by Gasteiger charge is 2.13. The molecule has 0 unspecified atom stereocenters. The number of nitrogens with zero attached hydrogens (tertiary/aromatic N) is 3. The van der Waals surface area contributed by atoms with E-state index in [2.05, 4.69) is 15.2 Å². The van der Waals surface area contributed by atoms with E-state index in [-0.39, 0.29) is 22.8 Å². The Morgan fingerprint density at radius 3 is 2.87 bits per heavy atom. The Hall–Kier alpha value is -2.44. The van der Waals surface area contributed by atoms with Crippen LogP contribution < -0.4 is 0 Å². The number of non-ortho nitro benzene ring substituents is 1. The largest absolute Gasteiger partial charge is 0.507 e. The van der Waals surface area contributed by atoms with Gasteiger partial charge in [-0.05, 0) is 6.07 Å². The number of nitrogens with one attached hydrogen (secondary N) is 1. The number of aromatic hydroxyl groups is 1. The van der Waals surface area contributed by atoms with Crippen molar-refractivity contribution in [3.63, 3.8) is 0 Å². The predicted octanol–water partition coefficient (Wildman–Crippen LogP) is 1.09. The topological polar surface area (TPSA) is 105 Å². The molecule has 7 heteroatoms. The van der Waals surface area contributed by atoms with Crippen LogP contribution in [0.15, 0.2) is 24.5 Å². The van der Waals surface area contributed by atoms with Gasteiger partial charge >= 0.3 is 0 Å². The van der Waals surface area contributed by atoms with Crippen LogP contribution >= 0.6 is 0 Å². The minimum absolute atomic E-state index is 0.0970. The molecule has 1 heterocycles. The Morgan fingerprint density at radius 1 is 1.47 bits per heavy atom. The molecule has 1 aromatic carbocycles. The second-order valence-corrected chi connectivity index (χ2v) is 2.78. The van der Waals surface area contributed by atoms with E-state index in [1.165, 1.54) is 24.5 Å². The van der Waals surface area contributed by atoms with Crippen molar-refractivity contribution < 1.29 is 10.0 Å². The molecule has 0 fully saturated rings. The SMILES string of the molecule is O=[N+]([O-])c1ccc(O)c(-c2nc[nH]n2)c1. The maximum atomic E-state index is 10.5.